The third-order valence-corrected chi connectivity index (χ3v) is 3.43. The van der Waals surface area contributed by atoms with Crippen LogP contribution >= 0.6 is 11.8 Å². The molecule has 2 rings (SSSR count). The van der Waals surface area contributed by atoms with Gasteiger partial charge in [-0.1, -0.05) is 12.1 Å². The van der Waals surface area contributed by atoms with Gasteiger partial charge < -0.3 is 0 Å². The van der Waals surface area contributed by atoms with Crippen molar-refractivity contribution in [1.29, 1.82) is 10.5 Å². The fraction of sp³-hybridized carbons (Fsp3) is 0.0714. The van der Waals surface area contributed by atoms with E-state index < -0.39 is 0 Å². The first kappa shape index (κ1) is 12.2. The maximum Gasteiger partial charge on any atom is 0.114 e. The molecule has 4 heteroatoms. The number of nitrogens with zero attached hydrogens (tertiary/aromatic N) is 3. The molecule has 2 aromatic rings. The van der Waals surface area contributed by atoms with Gasteiger partial charge >= 0.3 is 0 Å². The van der Waals surface area contributed by atoms with E-state index in [2.05, 4.69) is 17.1 Å². The number of hydrogen-bond acceptors (Lipinski definition) is 4. The van der Waals surface area contributed by atoms with Gasteiger partial charge in [0.25, 0.3) is 0 Å². The molecule has 0 spiro atoms. The van der Waals surface area contributed by atoms with E-state index in [0.717, 1.165) is 16.3 Å². The highest BCUT2D eigenvalue weighted by Gasteiger charge is 2.03. The predicted octanol–water partition coefficient (Wildman–Crippen LogP) is 3.12. The Bertz CT molecular complexity index is 621. The normalized spacial score (nSPS) is 9.44. The molecule has 0 atom stereocenters. The number of benzene rings is 1. The lowest BCUT2D eigenvalue weighted by Gasteiger charge is -2.02. The number of thioether (sulfide) groups is 1. The summed E-state index contributed by atoms with van der Waals surface area (Å²) in [5.74, 6) is 0.734. The van der Waals surface area contributed by atoms with Gasteiger partial charge in [-0.05, 0) is 29.8 Å². The Morgan fingerprint density at radius 2 is 1.83 bits per heavy atom. The van der Waals surface area contributed by atoms with Crippen LogP contribution in [0.25, 0.3) is 0 Å². The topological polar surface area (TPSA) is 60.5 Å². The van der Waals surface area contributed by atoms with E-state index in [9.17, 15) is 0 Å². The summed E-state index contributed by atoms with van der Waals surface area (Å²) < 4.78 is 0. The fourth-order valence-corrected chi connectivity index (χ4v) is 2.32. The first-order valence-corrected chi connectivity index (χ1v) is 6.29. The zero-order valence-electron chi connectivity index (χ0n) is 9.50. The molecule has 86 valence electrons. The van der Waals surface area contributed by atoms with Crippen LogP contribution in [0.4, 0.5) is 0 Å². The molecule has 0 fully saturated rings. The highest BCUT2D eigenvalue weighted by Crippen LogP contribution is 2.23. The van der Waals surface area contributed by atoms with Crippen LogP contribution in [0.2, 0.25) is 0 Å². The summed E-state index contributed by atoms with van der Waals surface area (Å²) in [7, 11) is 0. The lowest BCUT2D eigenvalue weighted by Crippen LogP contribution is -1.87. The van der Waals surface area contributed by atoms with Crippen LogP contribution in [0.5, 0.6) is 0 Å². The monoisotopic (exact) mass is 251 g/mol. The van der Waals surface area contributed by atoms with E-state index in [1.54, 1.807) is 30.5 Å². The summed E-state index contributed by atoms with van der Waals surface area (Å²) in [6.07, 6.45) is 1.68. The van der Waals surface area contributed by atoms with E-state index >= 15 is 0 Å². The molecular formula is C14H9N3S. The van der Waals surface area contributed by atoms with Crippen molar-refractivity contribution in [1.82, 2.24) is 4.98 Å². The van der Waals surface area contributed by atoms with Crippen molar-refractivity contribution in [2.75, 3.05) is 0 Å². The van der Waals surface area contributed by atoms with Gasteiger partial charge in [0.2, 0.25) is 0 Å². The minimum absolute atomic E-state index is 0.594. The molecule has 0 aliphatic rings. The van der Waals surface area contributed by atoms with Crippen LogP contribution in [-0.2, 0) is 5.75 Å². The highest BCUT2D eigenvalue weighted by molar-refractivity contribution is 7.98. The van der Waals surface area contributed by atoms with Crippen LogP contribution in [0.3, 0.4) is 0 Å². The van der Waals surface area contributed by atoms with Crippen LogP contribution in [0.15, 0.2) is 47.6 Å². The van der Waals surface area contributed by atoms with Crippen LogP contribution in [0.1, 0.15) is 16.7 Å². The fourth-order valence-electron chi connectivity index (χ4n) is 1.42. The number of pyridine rings is 1. The Hall–Kier alpha value is -2.30. The second kappa shape index (κ2) is 5.86. The summed E-state index contributed by atoms with van der Waals surface area (Å²) in [6.45, 7) is 0. The molecule has 0 saturated heterocycles. The van der Waals surface area contributed by atoms with Crippen molar-refractivity contribution >= 4 is 11.8 Å². The summed E-state index contributed by atoms with van der Waals surface area (Å²) in [6, 6.07) is 15.1. The van der Waals surface area contributed by atoms with Gasteiger partial charge in [-0.25, -0.2) is 4.98 Å². The van der Waals surface area contributed by atoms with Crippen molar-refractivity contribution in [2.24, 2.45) is 0 Å². The quantitative estimate of drug-likeness (QED) is 0.786. The van der Waals surface area contributed by atoms with E-state index in [1.165, 1.54) is 11.8 Å². The first-order valence-electron chi connectivity index (χ1n) is 5.30. The second-order valence-electron chi connectivity index (χ2n) is 3.57. The van der Waals surface area contributed by atoms with Gasteiger partial charge in [0.05, 0.1) is 17.2 Å². The lowest BCUT2D eigenvalue weighted by atomic mass is 10.2. The van der Waals surface area contributed by atoms with Gasteiger partial charge in [0, 0.05) is 11.9 Å². The predicted molar refractivity (Wildman–Crippen MR) is 69.7 cm³/mol. The average Bonchev–Trinajstić information content (AvgIpc) is 2.46. The molecule has 1 aromatic heterocycles. The molecule has 0 unspecified atom stereocenters. The Morgan fingerprint density at radius 1 is 1.06 bits per heavy atom. The molecule has 18 heavy (non-hydrogen) atoms. The molecule has 1 aromatic carbocycles. The Labute approximate surface area is 110 Å². The van der Waals surface area contributed by atoms with E-state index in [1.807, 2.05) is 12.1 Å². The average molecular weight is 251 g/mol. The molecule has 0 radical (unpaired) electrons. The van der Waals surface area contributed by atoms with E-state index in [0.29, 0.717) is 11.1 Å². The minimum Gasteiger partial charge on any atom is -0.249 e. The summed E-state index contributed by atoms with van der Waals surface area (Å²) >= 11 is 1.52. The van der Waals surface area contributed by atoms with Crippen molar-refractivity contribution in [2.45, 2.75) is 10.8 Å². The Balaban J connectivity index is 2.07. The van der Waals surface area contributed by atoms with Crippen molar-refractivity contribution < 1.29 is 0 Å². The molecule has 0 N–H and O–H groups in total. The zero-order valence-corrected chi connectivity index (χ0v) is 10.3. The van der Waals surface area contributed by atoms with Crippen LogP contribution in [0, 0.1) is 22.7 Å². The smallest absolute Gasteiger partial charge is 0.114 e. The third kappa shape index (κ3) is 2.88. The van der Waals surface area contributed by atoms with Crippen molar-refractivity contribution in [3.05, 3.63) is 59.3 Å². The number of aromatic nitrogens is 1. The number of rotatable bonds is 3. The SMILES string of the molecule is N#Cc1ccc(CSc2ncccc2C#N)cc1. The van der Waals surface area contributed by atoms with Gasteiger partial charge in [0.15, 0.2) is 0 Å². The van der Waals surface area contributed by atoms with Crippen molar-refractivity contribution in [3.63, 3.8) is 0 Å². The van der Waals surface area contributed by atoms with Gasteiger partial charge in [-0.2, -0.15) is 10.5 Å². The largest absolute Gasteiger partial charge is 0.249 e. The van der Waals surface area contributed by atoms with Crippen LogP contribution < -0.4 is 0 Å². The third-order valence-electron chi connectivity index (χ3n) is 2.35. The molecule has 0 aliphatic heterocycles. The van der Waals surface area contributed by atoms with E-state index in [-0.39, 0.29) is 0 Å². The molecule has 0 bridgehead atoms. The second-order valence-corrected chi connectivity index (χ2v) is 4.53. The van der Waals surface area contributed by atoms with Crippen LogP contribution in [-0.4, -0.2) is 4.98 Å². The molecule has 0 amide bonds. The molecular weight excluding hydrogens is 242 g/mol. The molecule has 1 heterocycles. The number of nitriles is 2. The van der Waals surface area contributed by atoms with E-state index in [4.69, 9.17) is 10.5 Å². The van der Waals surface area contributed by atoms with Gasteiger partial charge in [-0.15, -0.1) is 11.8 Å². The number of hydrogen-bond donors (Lipinski definition) is 0. The zero-order chi connectivity index (χ0) is 12.8. The van der Waals surface area contributed by atoms with Gasteiger partial charge in [-0.3, -0.25) is 0 Å². The Kier molecular flexibility index (Phi) is 3.96. The summed E-state index contributed by atoms with van der Waals surface area (Å²) in [5, 5.41) is 18.4. The highest BCUT2D eigenvalue weighted by atomic mass is 32.2. The summed E-state index contributed by atoms with van der Waals surface area (Å²) in [5.41, 5.74) is 2.35. The summed E-state index contributed by atoms with van der Waals surface area (Å²) in [4.78, 5) is 4.19. The Morgan fingerprint density at radius 3 is 2.50 bits per heavy atom. The molecule has 0 saturated carbocycles. The molecule has 3 nitrogen and oxygen atoms in total. The molecule has 0 aliphatic carbocycles. The first-order chi connectivity index (χ1) is 8.83. The maximum absolute atomic E-state index is 8.94. The standard InChI is InChI=1S/C14H9N3S/c15-8-11-3-5-12(6-4-11)10-18-14-13(9-16)2-1-7-17-14/h1-7H,10H2. The minimum atomic E-state index is 0.594. The lowest BCUT2D eigenvalue weighted by molar-refractivity contribution is 1.11. The van der Waals surface area contributed by atoms with Crippen molar-refractivity contribution in [3.8, 4) is 12.1 Å². The maximum atomic E-state index is 8.94. The van der Waals surface area contributed by atoms with Gasteiger partial charge in [0.1, 0.15) is 11.1 Å².